The molecular formula is C76H148O17P2. The number of aliphatic hydroxyl groups is 1. The molecule has 0 heterocycles. The maximum Gasteiger partial charge on any atom is 0.472 e. The first-order valence-corrected chi connectivity index (χ1v) is 42.2. The third-order valence-corrected chi connectivity index (χ3v) is 19.8. The summed E-state index contributed by atoms with van der Waals surface area (Å²) in [4.78, 5) is 72.9. The van der Waals surface area contributed by atoms with Gasteiger partial charge in [-0.1, -0.05) is 331 Å². The number of carbonyl (C=O) groups excluding carboxylic acids is 4. The van der Waals surface area contributed by atoms with Crippen LogP contribution < -0.4 is 0 Å². The van der Waals surface area contributed by atoms with Crippen LogP contribution in [0, 0.1) is 23.7 Å². The highest BCUT2D eigenvalue weighted by atomic mass is 31.2. The SMILES string of the molecule is CCC(C)CCCCCCCCCCC(=O)OC[C@H](COP(=O)(O)OC[C@H](O)COP(=O)(O)OC[C@@H](COC(=O)CCCCCCCCCCCCCC(C)C)OC(=O)CCCCCCCCCCCCCCC(C)C)OC(=O)CCCCCCCCCCCCCC(C)C. The van der Waals surface area contributed by atoms with E-state index in [1.54, 1.807) is 0 Å². The van der Waals surface area contributed by atoms with Gasteiger partial charge in [-0.3, -0.25) is 37.3 Å². The molecule has 19 heteroatoms. The number of phosphoric ester groups is 2. The highest BCUT2D eigenvalue weighted by Gasteiger charge is 2.30. The summed E-state index contributed by atoms with van der Waals surface area (Å²) in [6.45, 7) is 14.2. The van der Waals surface area contributed by atoms with Crippen LogP contribution >= 0.6 is 15.6 Å². The average Bonchev–Trinajstić information content (AvgIpc) is 2.07. The van der Waals surface area contributed by atoms with Crippen LogP contribution in [0.25, 0.3) is 0 Å². The zero-order valence-electron chi connectivity index (χ0n) is 62.3. The lowest BCUT2D eigenvalue weighted by atomic mass is 9.99. The third-order valence-electron chi connectivity index (χ3n) is 17.9. The van der Waals surface area contributed by atoms with Crippen molar-refractivity contribution in [3.05, 3.63) is 0 Å². The van der Waals surface area contributed by atoms with Crippen molar-refractivity contribution in [2.45, 2.75) is 401 Å². The normalized spacial score (nSPS) is 14.4. The molecule has 0 aliphatic rings. The molecule has 564 valence electrons. The van der Waals surface area contributed by atoms with Crippen LogP contribution in [-0.2, 0) is 65.4 Å². The van der Waals surface area contributed by atoms with Gasteiger partial charge in [0, 0.05) is 25.7 Å². The van der Waals surface area contributed by atoms with E-state index in [1.807, 2.05) is 0 Å². The lowest BCUT2D eigenvalue weighted by Crippen LogP contribution is -2.30. The van der Waals surface area contributed by atoms with Crippen molar-refractivity contribution in [3.8, 4) is 0 Å². The molecule has 0 spiro atoms. The Morgan fingerprint density at radius 3 is 0.747 bits per heavy atom. The van der Waals surface area contributed by atoms with Crippen molar-refractivity contribution in [2.75, 3.05) is 39.6 Å². The molecule has 0 aromatic heterocycles. The van der Waals surface area contributed by atoms with Crippen molar-refractivity contribution in [3.63, 3.8) is 0 Å². The van der Waals surface area contributed by atoms with Gasteiger partial charge in [-0.25, -0.2) is 9.13 Å². The van der Waals surface area contributed by atoms with Crippen LogP contribution in [0.5, 0.6) is 0 Å². The number of carbonyl (C=O) groups is 4. The Morgan fingerprint density at radius 1 is 0.295 bits per heavy atom. The third kappa shape index (κ3) is 69.0. The standard InChI is InChI=1S/C76H148O17P2/c1-9-69(8)55-47-39-31-26-27-33-41-49-57-74(79)87-63-72(93-76(81)59-51-43-35-25-19-13-16-22-30-38-46-54-68(6)7)65-91-95(84,85)89-61-70(77)60-88-94(82,83)90-64-71(62-86-73(78)56-48-40-32-23-18-12-15-21-29-37-45-53-67(4)5)92-75(80)58-50-42-34-24-17-11-10-14-20-28-36-44-52-66(2)3/h66-72,77H,9-65H2,1-8H3,(H,82,83)(H,84,85)/t69?,70-,71-,72-/m1/s1. The number of hydrogen-bond donors (Lipinski definition) is 3. The fourth-order valence-electron chi connectivity index (χ4n) is 11.5. The van der Waals surface area contributed by atoms with E-state index in [0.29, 0.717) is 25.7 Å². The fraction of sp³-hybridized carbons (Fsp3) is 0.947. The largest absolute Gasteiger partial charge is 0.472 e. The van der Waals surface area contributed by atoms with E-state index >= 15 is 0 Å². The Balaban J connectivity index is 5.28. The smallest absolute Gasteiger partial charge is 0.462 e. The summed E-state index contributed by atoms with van der Waals surface area (Å²) in [6, 6.07) is 0. The number of hydrogen-bond acceptors (Lipinski definition) is 15. The molecule has 0 bridgehead atoms. The van der Waals surface area contributed by atoms with Crippen LogP contribution in [0.3, 0.4) is 0 Å². The van der Waals surface area contributed by atoms with Crippen molar-refractivity contribution >= 4 is 39.5 Å². The minimum Gasteiger partial charge on any atom is -0.462 e. The topological polar surface area (TPSA) is 237 Å². The van der Waals surface area contributed by atoms with E-state index in [4.69, 9.17) is 37.0 Å². The number of rotatable bonds is 73. The summed E-state index contributed by atoms with van der Waals surface area (Å²) >= 11 is 0. The van der Waals surface area contributed by atoms with E-state index in [9.17, 15) is 43.2 Å². The number of esters is 4. The average molecular weight is 1400 g/mol. The predicted octanol–water partition coefficient (Wildman–Crippen LogP) is 22.0. The second-order valence-electron chi connectivity index (χ2n) is 29.1. The maximum absolute atomic E-state index is 13.1. The molecule has 95 heavy (non-hydrogen) atoms. The Labute approximate surface area is 581 Å². The van der Waals surface area contributed by atoms with Gasteiger partial charge in [0.25, 0.3) is 0 Å². The van der Waals surface area contributed by atoms with Gasteiger partial charge in [0.1, 0.15) is 19.3 Å². The van der Waals surface area contributed by atoms with Gasteiger partial charge in [0.2, 0.25) is 0 Å². The van der Waals surface area contributed by atoms with Gasteiger partial charge in [0.05, 0.1) is 26.4 Å². The molecule has 0 amide bonds. The predicted molar refractivity (Wildman–Crippen MR) is 386 cm³/mol. The molecule has 0 saturated heterocycles. The molecule has 0 rings (SSSR count). The van der Waals surface area contributed by atoms with Gasteiger partial charge in [-0.2, -0.15) is 0 Å². The number of phosphoric acid groups is 2. The first-order valence-electron chi connectivity index (χ1n) is 39.2. The summed E-state index contributed by atoms with van der Waals surface area (Å²) in [6.07, 6.45) is 49.8. The molecule has 0 aromatic rings. The zero-order valence-corrected chi connectivity index (χ0v) is 64.1. The molecular weight excluding hydrogens is 1250 g/mol. The van der Waals surface area contributed by atoms with Crippen molar-refractivity contribution in [2.24, 2.45) is 23.7 Å². The molecule has 0 aliphatic heterocycles. The van der Waals surface area contributed by atoms with Crippen LogP contribution in [0.1, 0.15) is 383 Å². The monoisotopic (exact) mass is 1400 g/mol. The van der Waals surface area contributed by atoms with Crippen LogP contribution in [0.2, 0.25) is 0 Å². The van der Waals surface area contributed by atoms with Gasteiger partial charge in [-0.05, 0) is 49.4 Å². The first-order chi connectivity index (χ1) is 45.6. The lowest BCUT2D eigenvalue weighted by Gasteiger charge is -2.21. The number of ether oxygens (including phenoxy) is 4. The van der Waals surface area contributed by atoms with Crippen molar-refractivity contribution < 1.29 is 80.2 Å². The molecule has 0 saturated carbocycles. The molecule has 0 radical (unpaired) electrons. The molecule has 6 atom stereocenters. The fourth-order valence-corrected chi connectivity index (χ4v) is 13.1. The van der Waals surface area contributed by atoms with E-state index in [2.05, 4.69) is 55.4 Å². The maximum atomic E-state index is 13.1. The summed E-state index contributed by atoms with van der Waals surface area (Å²) in [7, 11) is -9.92. The van der Waals surface area contributed by atoms with Crippen molar-refractivity contribution in [1.29, 1.82) is 0 Å². The lowest BCUT2D eigenvalue weighted by molar-refractivity contribution is -0.161. The minimum absolute atomic E-state index is 0.106. The van der Waals surface area contributed by atoms with Crippen LogP contribution in [0.4, 0.5) is 0 Å². The van der Waals surface area contributed by atoms with E-state index in [-0.39, 0.29) is 25.7 Å². The number of unbranched alkanes of at least 4 members (excludes halogenated alkanes) is 38. The summed E-state index contributed by atoms with van der Waals surface area (Å²) in [5, 5.41) is 10.6. The zero-order chi connectivity index (χ0) is 70.3. The summed E-state index contributed by atoms with van der Waals surface area (Å²) in [5.41, 5.74) is 0. The van der Waals surface area contributed by atoms with E-state index < -0.39 is 97.5 Å². The first kappa shape index (κ1) is 93.1. The quantitative estimate of drug-likeness (QED) is 0.0222. The molecule has 0 aromatic carbocycles. The number of aliphatic hydroxyl groups excluding tert-OH is 1. The van der Waals surface area contributed by atoms with Gasteiger partial charge in [-0.15, -0.1) is 0 Å². The second-order valence-corrected chi connectivity index (χ2v) is 32.0. The highest BCUT2D eigenvalue weighted by molar-refractivity contribution is 7.47. The van der Waals surface area contributed by atoms with Crippen LogP contribution in [0.15, 0.2) is 0 Å². The molecule has 3 N–H and O–H groups in total. The van der Waals surface area contributed by atoms with Gasteiger partial charge >= 0.3 is 39.5 Å². The molecule has 0 fully saturated rings. The second kappa shape index (κ2) is 65.4. The van der Waals surface area contributed by atoms with Gasteiger partial charge in [0.15, 0.2) is 12.2 Å². The minimum atomic E-state index is -4.96. The highest BCUT2D eigenvalue weighted by Crippen LogP contribution is 2.45. The summed E-state index contributed by atoms with van der Waals surface area (Å²) < 4.78 is 68.6. The molecule has 0 aliphatic carbocycles. The van der Waals surface area contributed by atoms with E-state index in [1.165, 1.54) is 186 Å². The Kier molecular flexibility index (Phi) is 64.0. The molecule has 3 unspecified atom stereocenters. The Morgan fingerprint density at radius 2 is 0.505 bits per heavy atom. The molecule has 17 nitrogen and oxygen atoms in total. The van der Waals surface area contributed by atoms with Crippen LogP contribution in [-0.4, -0.2) is 96.7 Å². The Hall–Kier alpha value is -1.94. The summed E-state index contributed by atoms with van der Waals surface area (Å²) in [5.74, 6) is 0.971. The van der Waals surface area contributed by atoms with E-state index in [0.717, 1.165) is 114 Å². The van der Waals surface area contributed by atoms with Gasteiger partial charge < -0.3 is 33.8 Å². The van der Waals surface area contributed by atoms with Crippen molar-refractivity contribution in [1.82, 2.24) is 0 Å². The Bertz CT molecular complexity index is 1870.